The van der Waals surface area contributed by atoms with E-state index < -0.39 is 6.10 Å². The minimum absolute atomic E-state index is 0.000668. The fourth-order valence-corrected chi connectivity index (χ4v) is 2.99. The van der Waals surface area contributed by atoms with E-state index in [1.807, 2.05) is 12.1 Å². The summed E-state index contributed by atoms with van der Waals surface area (Å²) in [5.74, 6) is 0.0434. The number of aromatic amines is 1. The van der Waals surface area contributed by atoms with Gasteiger partial charge in [0.15, 0.2) is 0 Å². The van der Waals surface area contributed by atoms with Gasteiger partial charge in [0.25, 0.3) is 5.56 Å². The predicted octanol–water partition coefficient (Wildman–Crippen LogP) is 0.159. The third-order valence-electron chi connectivity index (χ3n) is 4.34. The third kappa shape index (κ3) is 4.05. The molecule has 1 aliphatic heterocycles. The number of β-amino-alcohol motifs (C(OH)–C–C–N with tert-alkyl or cyclic N) is 1. The molecule has 2 N–H and O–H groups in total. The van der Waals surface area contributed by atoms with Crippen LogP contribution in [0, 0.1) is 5.92 Å². The number of aryl methyl sites for hydroxylation is 1. The molecule has 7 nitrogen and oxygen atoms in total. The van der Waals surface area contributed by atoms with Crippen molar-refractivity contribution in [2.24, 2.45) is 5.92 Å². The first-order valence-corrected chi connectivity index (χ1v) is 8.01. The molecule has 0 aromatic carbocycles. The molecule has 1 aliphatic rings. The van der Waals surface area contributed by atoms with Crippen LogP contribution in [-0.4, -0.2) is 50.3 Å². The number of aliphatic hydroxyl groups excluding tert-OH is 1. The summed E-state index contributed by atoms with van der Waals surface area (Å²) in [5, 5.41) is 16.5. The molecule has 3 heterocycles. The summed E-state index contributed by atoms with van der Waals surface area (Å²) in [6, 6.07) is 6.88. The van der Waals surface area contributed by atoms with Gasteiger partial charge >= 0.3 is 0 Å². The molecule has 126 valence electrons. The van der Waals surface area contributed by atoms with Crippen molar-refractivity contribution in [1.82, 2.24) is 20.1 Å². The number of amides is 1. The van der Waals surface area contributed by atoms with Crippen LogP contribution in [0.2, 0.25) is 0 Å². The van der Waals surface area contributed by atoms with Crippen LogP contribution in [0.3, 0.4) is 0 Å². The molecule has 0 unspecified atom stereocenters. The lowest BCUT2D eigenvalue weighted by atomic mass is 9.97. The van der Waals surface area contributed by atoms with Crippen molar-refractivity contribution in [3.8, 4) is 0 Å². The SMILES string of the molecule is O=C(CCc1ccc(=O)[nH]n1)N1C[C@@H](Cc2ccncc2)[C@@H](O)C1. The quantitative estimate of drug-likeness (QED) is 0.814. The molecule has 24 heavy (non-hydrogen) atoms. The Morgan fingerprint density at radius 1 is 1.25 bits per heavy atom. The number of nitrogens with one attached hydrogen (secondary N) is 1. The van der Waals surface area contributed by atoms with Crippen molar-refractivity contribution in [3.05, 3.63) is 58.3 Å². The highest BCUT2D eigenvalue weighted by molar-refractivity contribution is 5.76. The molecule has 0 bridgehead atoms. The van der Waals surface area contributed by atoms with E-state index in [0.717, 1.165) is 12.0 Å². The number of aliphatic hydroxyl groups is 1. The molecule has 1 amide bonds. The Kier molecular flexibility index (Phi) is 5.00. The van der Waals surface area contributed by atoms with E-state index in [1.165, 1.54) is 6.07 Å². The summed E-state index contributed by atoms with van der Waals surface area (Å²) in [6.45, 7) is 0.926. The van der Waals surface area contributed by atoms with Gasteiger partial charge in [-0.15, -0.1) is 0 Å². The molecule has 2 aromatic heterocycles. The van der Waals surface area contributed by atoms with Crippen molar-refractivity contribution < 1.29 is 9.90 Å². The first-order valence-electron chi connectivity index (χ1n) is 8.01. The summed E-state index contributed by atoms with van der Waals surface area (Å²) in [7, 11) is 0. The number of hydrogen-bond acceptors (Lipinski definition) is 5. The van der Waals surface area contributed by atoms with Crippen LogP contribution < -0.4 is 5.56 Å². The number of H-pyrrole nitrogens is 1. The molecule has 1 fully saturated rings. The van der Waals surface area contributed by atoms with Crippen molar-refractivity contribution in [2.75, 3.05) is 13.1 Å². The van der Waals surface area contributed by atoms with E-state index in [9.17, 15) is 14.7 Å². The highest BCUT2D eigenvalue weighted by Gasteiger charge is 2.33. The van der Waals surface area contributed by atoms with Crippen molar-refractivity contribution >= 4 is 5.91 Å². The van der Waals surface area contributed by atoms with E-state index in [2.05, 4.69) is 15.2 Å². The van der Waals surface area contributed by atoms with Crippen LogP contribution in [0.4, 0.5) is 0 Å². The maximum atomic E-state index is 12.3. The number of rotatable bonds is 5. The number of hydrogen-bond donors (Lipinski definition) is 2. The van der Waals surface area contributed by atoms with E-state index in [0.29, 0.717) is 31.6 Å². The van der Waals surface area contributed by atoms with Crippen LogP contribution in [0.25, 0.3) is 0 Å². The number of aromatic nitrogens is 3. The molecule has 0 saturated carbocycles. The fraction of sp³-hybridized carbons (Fsp3) is 0.412. The zero-order valence-corrected chi connectivity index (χ0v) is 13.3. The van der Waals surface area contributed by atoms with Gasteiger partial charge in [-0.25, -0.2) is 5.10 Å². The standard InChI is InChI=1S/C17H20N4O3/c22-15-11-21(10-13(15)9-12-5-7-18-8-6-12)17(24)4-2-14-1-3-16(23)20-19-14/h1,3,5-8,13,15,22H,2,4,9-11H2,(H,20,23)/t13-,15+/m1/s1. The second kappa shape index (κ2) is 7.35. The Bertz CT molecular complexity index is 727. The van der Waals surface area contributed by atoms with Crippen LogP contribution in [-0.2, 0) is 17.6 Å². The van der Waals surface area contributed by atoms with Crippen LogP contribution in [0.5, 0.6) is 0 Å². The molecular weight excluding hydrogens is 308 g/mol. The lowest BCUT2D eigenvalue weighted by Crippen LogP contribution is -2.29. The van der Waals surface area contributed by atoms with E-state index >= 15 is 0 Å². The Hall–Kier alpha value is -2.54. The second-order valence-corrected chi connectivity index (χ2v) is 6.10. The van der Waals surface area contributed by atoms with Gasteiger partial charge in [0, 0.05) is 50.3 Å². The number of nitrogens with zero attached hydrogens (tertiary/aromatic N) is 3. The zero-order valence-electron chi connectivity index (χ0n) is 13.3. The van der Waals surface area contributed by atoms with E-state index in [-0.39, 0.29) is 17.4 Å². The summed E-state index contributed by atoms with van der Waals surface area (Å²) < 4.78 is 0. The number of pyridine rings is 1. The van der Waals surface area contributed by atoms with Crippen molar-refractivity contribution in [3.63, 3.8) is 0 Å². The number of carbonyl (C=O) groups is 1. The second-order valence-electron chi connectivity index (χ2n) is 6.10. The normalized spacial score (nSPS) is 20.3. The van der Waals surface area contributed by atoms with Gasteiger partial charge in [0.05, 0.1) is 11.8 Å². The molecule has 0 spiro atoms. The Morgan fingerprint density at radius 3 is 2.75 bits per heavy atom. The highest BCUT2D eigenvalue weighted by Crippen LogP contribution is 2.22. The third-order valence-corrected chi connectivity index (χ3v) is 4.34. The molecular formula is C17H20N4O3. The van der Waals surface area contributed by atoms with Gasteiger partial charge in [-0.2, -0.15) is 5.10 Å². The van der Waals surface area contributed by atoms with Gasteiger partial charge in [-0.3, -0.25) is 14.6 Å². The molecule has 7 heteroatoms. The Labute approximate surface area is 139 Å². The molecule has 2 atom stereocenters. The number of likely N-dealkylation sites (tertiary alicyclic amines) is 1. The molecule has 0 aliphatic carbocycles. The van der Waals surface area contributed by atoms with Crippen molar-refractivity contribution in [2.45, 2.75) is 25.4 Å². The summed E-state index contributed by atoms with van der Waals surface area (Å²) in [4.78, 5) is 29.0. The maximum absolute atomic E-state index is 12.3. The average Bonchev–Trinajstić information content (AvgIpc) is 2.96. The molecule has 1 saturated heterocycles. The van der Waals surface area contributed by atoms with Gasteiger partial charge in [0.2, 0.25) is 5.91 Å². The van der Waals surface area contributed by atoms with E-state index in [4.69, 9.17) is 0 Å². The minimum atomic E-state index is -0.506. The van der Waals surface area contributed by atoms with Crippen LogP contribution in [0.1, 0.15) is 17.7 Å². The molecule has 0 radical (unpaired) electrons. The molecule has 3 rings (SSSR count). The summed E-state index contributed by atoms with van der Waals surface area (Å²) in [5.41, 5.74) is 1.53. The highest BCUT2D eigenvalue weighted by atomic mass is 16.3. The summed E-state index contributed by atoms with van der Waals surface area (Å²) in [6.07, 6.45) is 4.47. The van der Waals surface area contributed by atoms with Gasteiger partial charge < -0.3 is 10.0 Å². The van der Waals surface area contributed by atoms with Gasteiger partial charge in [-0.05, 0) is 30.2 Å². The lowest BCUT2D eigenvalue weighted by Gasteiger charge is -2.16. The Morgan fingerprint density at radius 2 is 2.04 bits per heavy atom. The zero-order chi connectivity index (χ0) is 16.9. The first-order chi connectivity index (χ1) is 11.6. The fourth-order valence-electron chi connectivity index (χ4n) is 2.99. The van der Waals surface area contributed by atoms with Crippen LogP contribution in [0.15, 0.2) is 41.5 Å². The molecule has 2 aromatic rings. The monoisotopic (exact) mass is 328 g/mol. The minimum Gasteiger partial charge on any atom is -0.391 e. The first kappa shape index (κ1) is 16.3. The smallest absolute Gasteiger partial charge is 0.264 e. The van der Waals surface area contributed by atoms with Crippen LogP contribution >= 0.6 is 0 Å². The number of carbonyl (C=O) groups excluding carboxylic acids is 1. The largest absolute Gasteiger partial charge is 0.391 e. The summed E-state index contributed by atoms with van der Waals surface area (Å²) >= 11 is 0. The predicted molar refractivity (Wildman–Crippen MR) is 87.2 cm³/mol. The Balaban J connectivity index is 1.52. The average molecular weight is 328 g/mol. The van der Waals surface area contributed by atoms with E-state index in [1.54, 1.807) is 23.4 Å². The van der Waals surface area contributed by atoms with Gasteiger partial charge in [0.1, 0.15) is 0 Å². The topological polar surface area (TPSA) is 99.2 Å². The van der Waals surface area contributed by atoms with Crippen molar-refractivity contribution in [1.29, 1.82) is 0 Å². The maximum Gasteiger partial charge on any atom is 0.264 e. The van der Waals surface area contributed by atoms with Gasteiger partial charge in [-0.1, -0.05) is 0 Å². The lowest BCUT2D eigenvalue weighted by molar-refractivity contribution is -0.130.